The summed E-state index contributed by atoms with van der Waals surface area (Å²) in [6, 6.07) is 3.65. The first kappa shape index (κ1) is 13.8. The Bertz CT molecular complexity index is 442. The van der Waals surface area contributed by atoms with Crippen molar-refractivity contribution in [2.24, 2.45) is 5.41 Å². The second-order valence-corrected chi connectivity index (χ2v) is 5.01. The molecule has 2 heterocycles. The van der Waals surface area contributed by atoms with Gasteiger partial charge in [0.1, 0.15) is 11.4 Å². The maximum absolute atomic E-state index is 12.3. The number of pyridine rings is 1. The van der Waals surface area contributed by atoms with Crippen molar-refractivity contribution in [2.45, 2.75) is 26.3 Å². The Kier molecular flexibility index (Phi) is 4.37. The summed E-state index contributed by atoms with van der Waals surface area (Å²) < 4.78 is 10.5. The van der Waals surface area contributed by atoms with Gasteiger partial charge in [-0.3, -0.25) is 9.78 Å². The van der Waals surface area contributed by atoms with E-state index in [4.69, 9.17) is 9.47 Å². The van der Waals surface area contributed by atoms with Crippen LogP contribution in [0.3, 0.4) is 0 Å². The molecule has 0 radical (unpaired) electrons. The molecule has 0 spiro atoms. The van der Waals surface area contributed by atoms with Gasteiger partial charge in [-0.2, -0.15) is 0 Å². The fourth-order valence-corrected chi connectivity index (χ4v) is 2.17. The molecule has 1 aliphatic heterocycles. The minimum absolute atomic E-state index is 0.0588. The molecule has 1 fully saturated rings. The van der Waals surface area contributed by atoms with E-state index >= 15 is 0 Å². The number of ether oxygens (including phenoxy) is 2. The number of nitrogens with zero attached hydrogens (tertiary/aromatic N) is 1. The van der Waals surface area contributed by atoms with Gasteiger partial charge in [-0.25, -0.2) is 0 Å². The first-order chi connectivity index (χ1) is 9.15. The van der Waals surface area contributed by atoms with Crippen LogP contribution in [0.4, 0.5) is 0 Å². The number of hydrogen-bond acceptors (Lipinski definition) is 4. The van der Waals surface area contributed by atoms with Crippen LogP contribution in [-0.4, -0.2) is 31.2 Å². The predicted molar refractivity (Wildman–Crippen MR) is 70.8 cm³/mol. The lowest BCUT2D eigenvalue weighted by molar-refractivity contribution is -0.135. The number of amides is 1. The van der Waals surface area contributed by atoms with Crippen molar-refractivity contribution in [3.05, 3.63) is 24.0 Å². The third-order valence-electron chi connectivity index (χ3n) is 3.63. The van der Waals surface area contributed by atoms with Crippen LogP contribution < -0.4 is 10.1 Å². The first-order valence-electron chi connectivity index (χ1n) is 6.50. The molecule has 2 rings (SSSR count). The summed E-state index contributed by atoms with van der Waals surface area (Å²) >= 11 is 0. The number of carbonyl (C=O) groups excluding carboxylic acids is 1. The fraction of sp³-hybridized carbons (Fsp3) is 0.571. The van der Waals surface area contributed by atoms with Gasteiger partial charge in [0.2, 0.25) is 5.91 Å². The summed E-state index contributed by atoms with van der Waals surface area (Å²) in [4.78, 5) is 16.5. The van der Waals surface area contributed by atoms with Crippen molar-refractivity contribution in [2.75, 3.05) is 20.3 Å². The molecule has 0 atom stereocenters. The molecular formula is C14H20N2O3. The number of aromatic nitrogens is 1. The Balaban J connectivity index is 1.96. The molecule has 1 aromatic rings. The van der Waals surface area contributed by atoms with Crippen molar-refractivity contribution >= 4 is 5.91 Å². The highest BCUT2D eigenvalue weighted by Crippen LogP contribution is 2.30. The van der Waals surface area contributed by atoms with Crippen LogP contribution in [0, 0.1) is 5.41 Å². The van der Waals surface area contributed by atoms with Crippen molar-refractivity contribution in [1.29, 1.82) is 0 Å². The second kappa shape index (κ2) is 6.02. The van der Waals surface area contributed by atoms with Gasteiger partial charge in [-0.05, 0) is 25.0 Å². The molecule has 0 unspecified atom stereocenters. The first-order valence-corrected chi connectivity index (χ1v) is 6.50. The monoisotopic (exact) mass is 264 g/mol. The van der Waals surface area contributed by atoms with Crippen LogP contribution in [0.5, 0.6) is 5.75 Å². The van der Waals surface area contributed by atoms with Crippen molar-refractivity contribution < 1.29 is 14.3 Å². The van der Waals surface area contributed by atoms with Gasteiger partial charge < -0.3 is 14.8 Å². The number of rotatable bonds is 4. The topological polar surface area (TPSA) is 60.5 Å². The van der Waals surface area contributed by atoms with Crippen LogP contribution in [0.15, 0.2) is 18.3 Å². The third kappa shape index (κ3) is 3.23. The predicted octanol–water partition coefficient (Wildman–Crippen LogP) is 1.52. The minimum Gasteiger partial charge on any atom is -0.495 e. The van der Waals surface area contributed by atoms with E-state index in [9.17, 15) is 4.79 Å². The van der Waals surface area contributed by atoms with Gasteiger partial charge in [0, 0.05) is 19.4 Å². The van der Waals surface area contributed by atoms with E-state index in [1.165, 1.54) is 0 Å². The SMILES string of the molecule is COc1cccnc1CNC(=O)C1(C)CCOCC1. The molecule has 1 amide bonds. The summed E-state index contributed by atoms with van der Waals surface area (Å²) in [5.41, 5.74) is 0.411. The van der Waals surface area contributed by atoms with Crippen LogP contribution in [0.2, 0.25) is 0 Å². The highest BCUT2D eigenvalue weighted by atomic mass is 16.5. The third-order valence-corrected chi connectivity index (χ3v) is 3.63. The average Bonchev–Trinajstić information content (AvgIpc) is 2.45. The normalized spacial score (nSPS) is 17.8. The highest BCUT2D eigenvalue weighted by molar-refractivity contribution is 5.82. The molecular weight excluding hydrogens is 244 g/mol. The highest BCUT2D eigenvalue weighted by Gasteiger charge is 2.34. The largest absolute Gasteiger partial charge is 0.495 e. The average molecular weight is 264 g/mol. The number of hydrogen-bond donors (Lipinski definition) is 1. The number of carbonyl (C=O) groups is 1. The van der Waals surface area contributed by atoms with E-state index in [0.717, 1.165) is 18.5 Å². The minimum atomic E-state index is -0.333. The Labute approximate surface area is 113 Å². The quantitative estimate of drug-likeness (QED) is 0.895. The van der Waals surface area contributed by atoms with E-state index < -0.39 is 0 Å². The molecule has 19 heavy (non-hydrogen) atoms. The second-order valence-electron chi connectivity index (χ2n) is 5.01. The van der Waals surface area contributed by atoms with E-state index in [0.29, 0.717) is 25.5 Å². The van der Waals surface area contributed by atoms with Crippen molar-refractivity contribution in [1.82, 2.24) is 10.3 Å². The zero-order chi connectivity index (χ0) is 13.7. The Morgan fingerprint density at radius 1 is 1.53 bits per heavy atom. The summed E-state index contributed by atoms with van der Waals surface area (Å²) in [6.07, 6.45) is 3.22. The van der Waals surface area contributed by atoms with Crippen LogP contribution in [0.25, 0.3) is 0 Å². The summed E-state index contributed by atoms with van der Waals surface area (Å²) in [5.74, 6) is 0.753. The molecule has 5 heteroatoms. The molecule has 1 N–H and O–H groups in total. The summed E-state index contributed by atoms with van der Waals surface area (Å²) in [5, 5.41) is 2.95. The lowest BCUT2D eigenvalue weighted by Gasteiger charge is -2.31. The lowest BCUT2D eigenvalue weighted by Crippen LogP contribution is -2.42. The van der Waals surface area contributed by atoms with Gasteiger partial charge in [-0.1, -0.05) is 6.92 Å². The zero-order valence-corrected chi connectivity index (χ0v) is 11.4. The van der Waals surface area contributed by atoms with Gasteiger partial charge >= 0.3 is 0 Å². The zero-order valence-electron chi connectivity index (χ0n) is 11.4. The fourth-order valence-electron chi connectivity index (χ4n) is 2.17. The Morgan fingerprint density at radius 2 is 2.26 bits per heavy atom. The number of nitrogens with one attached hydrogen (secondary N) is 1. The summed E-state index contributed by atoms with van der Waals surface area (Å²) in [7, 11) is 1.60. The van der Waals surface area contributed by atoms with Gasteiger partial charge in [-0.15, -0.1) is 0 Å². The molecule has 0 bridgehead atoms. The molecule has 5 nitrogen and oxygen atoms in total. The summed E-state index contributed by atoms with van der Waals surface area (Å²) in [6.45, 7) is 3.67. The van der Waals surface area contributed by atoms with E-state index in [2.05, 4.69) is 10.3 Å². The van der Waals surface area contributed by atoms with E-state index in [1.807, 2.05) is 19.1 Å². The maximum Gasteiger partial charge on any atom is 0.226 e. The van der Waals surface area contributed by atoms with Crippen LogP contribution in [0.1, 0.15) is 25.5 Å². The van der Waals surface area contributed by atoms with Gasteiger partial charge in [0.05, 0.1) is 19.1 Å². The Morgan fingerprint density at radius 3 is 2.95 bits per heavy atom. The molecule has 0 aromatic carbocycles. The number of methoxy groups -OCH3 is 1. The molecule has 1 saturated heterocycles. The van der Waals surface area contributed by atoms with Crippen LogP contribution >= 0.6 is 0 Å². The molecule has 0 saturated carbocycles. The van der Waals surface area contributed by atoms with Gasteiger partial charge in [0.15, 0.2) is 0 Å². The van der Waals surface area contributed by atoms with Crippen molar-refractivity contribution in [3.8, 4) is 5.75 Å². The van der Waals surface area contributed by atoms with Crippen molar-refractivity contribution in [3.63, 3.8) is 0 Å². The van der Waals surface area contributed by atoms with Gasteiger partial charge in [0.25, 0.3) is 0 Å². The smallest absolute Gasteiger partial charge is 0.226 e. The maximum atomic E-state index is 12.3. The van der Waals surface area contributed by atoms with E-state index in [1.54, 1.807) is 13.3 Å². The molecule has 1 aromatic heterocycles. The molecule has 104 valence electrons. The molecule has 1 aliphatic rings. The van der Waals surface area contributed by atoms with E-state index in [-0.39, 0.29) is 11.3 Å². The van der Waals surface area contributed by atoms with Crippen LogP contribution in [-0.2, 0) is 16.1 Å². The molecule has 0 aliphatic carbocycles. The standard InChI is InChI=1S/C14H20N2O3/c1-14(5-8-19-9-6-14)13(17)16-10-11-12(18-2)4-3-7-15-11/h3-4,7H,5-6,8-10H2,1-2H3,(H,16,17). The Hall–Kier alpha value is -1.62. The lowest BCUT2D eigenvalue weighted by atomic mass is 9.81.